The molecule has 25 heavy (non-hydrogen) atoms. The highest BCUT2D eigenvalue weighted by atomic mass is 32.2. The first-order chi connectivity index (χ1) is 12.0. The highest BCUT2D eigenvalue weighted by Crippen LogP contribution is 2.26. The summed E-state index contributed by atoms with van der Waals surface area (Å²) in [5, 5.41) is 6.84. The van der Waals surface area contributed by atoms with Gasteiger partial charge < -0.3 is 10.6 Å². The second-order valence-electron chi connectivity index (χ2n) is 6.98. The van der Waals surface area contributed by atoms with Gasteiger partial charge in [0.25, 0.3) is 0 Å². The maximum Gasteiger partial charge on any atom is 0.211 e. The van der Waals surface area contributed by atoms with Crippen molar-refractivity contribution in [3.8, 4) is 0 Å². The number of hydrogen-bond donors (Lipinski definition) is 3. The average Bonchev–Trinajstić information content (AvgIpc) is 3.25. The molecule has 0 aromatic carbocycles. The smallest absolute Gasteiger partial charge is 0.211 e. The fourth-order valence-electron chi connectivity index (χ4n) is 3.62. The molecule has 1 aliphatic carbocycles. The summed E-state index contributed by atoms with van der Waals surface area (Å²) in [5.41, 5.74) is 0. The van der Waals surface area contributed by atoms with Crippen molar-refractivity contribution in [1.82, 2.24) is 20.3 Å². The first kappa shape index (κ1) is 20.5. The molecule has 0 bridgehead atoms. The second-order valence-corrected chi connectivity index (χ2v) is 9.07. The summed E-state index contributed by atoms with van der Waals surface area (Å²) < 4.78 is 25.4. The van der Waals surface area contributed by atoms with Crippen LogP contribution in [0.3, 0.4) is 0 Å². The molecule has 8 heteroatoms. The Kier molecular flexibility index (Phi) is 8.45. The van der Waals surface area contributed by atoms with Gasteiger partial charge in [0.15, 0.2) is 5.96 Å². The molecule has 0 radical (unpaired) electrons. The number of aliphatic imine (C=N–C) groups is 1. The van der Waals surface area contributed by atoms with Gasteiger partial charge >= 0.3 is 0 Å². The first-order valence-electron chi connectivity index (χ1n) is 9.80. The number of rotatable bonds is 9. The normalized spacial score (nSPS) is 23.3. The maximum atomic E-state index is 11.4. The lowest BCUT2D eigenvalue weighted by atomic mass is 10.2. The maximum absolute atomic E-state index is 11.4. The predicted octanol–water partition coefficient (Wildman–Crippen LogP) is 0.888. The molecule has 7 nitrogen and oxygen atoms in total. The summed E-state index contributed by atoms with van der Waals surface area (Å²) in [6.07, 6.45) is 7.34. The molecule has 0 amide bonds. The van der Waals surface area contributed by atoms with E-state index in [4.69, 9.17) is 0 Å². The Morgan fingerprint density at radius 2 is 1.96 bits per heavy atom. The molecule has 1 aliphatic heterocycles. The number of hydrogen-bond acceptors (Lipinski definition) is 4. The molecule has 1 atom stereocenters. The van der Waals surface area contributed by atoms with Gasteiger partial charge in [-0.1, -0.05) is 12.8 Å². The molecule has 2 fully saturated rings. The van der Waals surface area contributed by atoms with Crippen molar-refractivity contribution < 1.29 is 8.42 Å². The number of nitrogens with one attached hydrogen (secondary N) is 3. The summed E-state index contributed by atoms with van der Waals surface area (Å²) in [5.74, 6) is 0.971. The molecule has 1 unspecified atom stereocenters. The van der Waals surface area contributed by atoms with Crippen molar-refractivity contribution in [2.75, 3.05) is 38.5 Å². The molecular weight excluding hydrogens is 338 g/mol. The van der Waals surface area contributed by atoms with E-state index >= 15 is 0 Å². The van der Waals surface area contributed by atoms with Gasteiger partial charge in [-0.05, 0) is 39.5 Å². The van der Waals surface area contributed by atoms with E-state index in [1.54, 1.807) is 6.92 Å². The minimum atomic E-state index is -3.10. The van der Waals surface area contributed by atoms with Crippen LogP contribution in [0.4, 0.5) is 0 Å². The summed E-state index contributed by atoms with van der Waals surface area (Å²) in [7, 11) is -3.10. The second kappa shape index (κ2) is 10.3. The fraction of sp³-hybridized carbons (Fsp3) is 0.941. The van der Waals surface area contributed by atoms with Crippen LogP contribution in [0, 0.1) is 0 Å². The van der Waals surface area contributed by atoms with Gasteiger partial charge in [0.2, 0.25) is 10.0 Å². The Hall–Kier alpha value is -0.860. The lowest BCUT2D eigenvalue weighted by Gasteiger charge is -2.24. The molecule has 1 heterocycles. The largest absolute Gasteiger partial charge is 0.357 e. The average molecular weight is 374 g/mol. The van der Waals surface area contributed by atoms with E-state index in [1.165, 1.54) is 32.2 Å². The monoisotopic (exact) mass is 373 g/mol. The van der Waals surface area contributed by atoms with Crippen molar-refractivity contribution in [3.05, 3.63) is 0 Å². The van der Waals surface area contributed by atoms with Gasteiger partial charge in [-0.2, -0.15) is 0 Å². The number of nitrogens with zero attached hydrogens (tertiary/aromatic N) is 2. The zero-order chi connectivity index (χ0) is 18.1. The van der Waals surface area contributed by atoms with Crippen LogP contribution >= 0.6 is 0 Å². The highest BCUT2D eigenvalue weighted by molar-refractivity contribution is 7.89. The van der Waals surface area contributed by atoms with Crippen molar-refractivity contribution in [2.24, 2.45) is 4.99 Å². The van der Waals surface area contributed by atoms with E-state index < -0.39 is 10.0 Å². The van der Waals surface area contributed by atoms with Crippen LogP contribution in [0.1, 0.15) is 52.4 Å². The zero-order valence-electron chi connectivity index (χ0n) is 15.8. The third-order valence-corrected chi connectivity index (χ3v) is 6.46. The molecule has 3 N–H and O–H groups in total. The predicted molar refractivity (Wildman–Crippen MR) is 103 cm³/mol. The van der Waals surface area contributed by atoms with E-state index in [2.05, 4.69) is 32.2 Å². The van der Waals surface area contributed by atoms with E-state index in [1.807, 2.05) is 0 Å². The zero-order valence-corrected chi connectivity index (χ0v) is 16.6. The summed E-state index contributed by atoms with van der Waals surface area (Å²) in [6.45, 7) is 7.87. The molecule has 0 aromatic heterocycles. The lowest BCUT2D eigenvalue weighted by Crippen LogP contribution is -2.45. The summed E-state index contributed by atoms with van der Waals surface area (Å²) >= 11 is 0. The SMILES string of the molecule is CCNC(=NCCCNS(=O)(=O)CC)NC1CCN(C2CCCC2)C1. The topological polar surface area (TPSA) is 85.8 Å². The molecule has 146 valence electrons. The van der Waals surface area contributed by atoms with Crippen LogP contribution in [-0.4, -0.2) is 69.8 Å². The van der Waals surface area contributed by atoms with E-state index in [0.717, 1.165) is 31.5 Å². The molecule has 2 aliphatic rings. The van der Waals surface area contributed by atoms with E-state index in [-0.39, 0.29) is 5.75 Å². The summed E-state index contributed by atoms with van der Waals surface area (Å²) in [4.78, 5) is 7.22. The van der Waals surface area contributed by atoms with Crippen LogP contribution in [0.25, 0.3) is 0 Å². The first-order valence-corrected chi connectivity index (χ1v) is 11.5. The molecule has 2 rings (SSSR count). The van der Waals surface area contributed by atoms with Crippen LogP contribution in [0.2, 0.25) is 0 Å². The minimum Gasteiger partial charge on any atom is -0.357 e. The van der Waals surface area contributed by atoms with Gasteiger partial charge in [-0.15, -0.1) is 0 Å². The third-order valence-electron chi connectivity index (χ3n) is 5.05. The van der Waals surface area contributed by atoms with Crippen LogP contribution < -0.4 is 15.4 Å². The molecular formula is C17H35N5O2S. The highest BCUT2D eigenvalue weighted by Gasteiger charge is 2.30. The van der Waals surface area contributed by atoms with Gasteiger partial charge in [0.1, 0.15) is 0 Å². The molecule has 0 aromatic rings. The Balaban J connectivity index is 1.72. The van der Waals surface area contributed by atoms with Gasteiger partial charge in [0, 0.05) is 44.8 Å². The minimum absolute atomic E-state index is 0.125. The Bertz CT molecular complexity index is 517. The number of likely N-dealkylation sites (tertiary alicyclic amines) is 1. The molecule has 0 spiro atoms. The van der Waals surface area contributed by atoms with Crippen molar-refractivity contribution in [1.29, 1.82) is 0 Å². The van der Waals surface area contributed by atoms with Gasteiger partial charge in [-0.3, -0.25) is 9.89 Å². The molecule has 1 saturated heterocycles. The van der Waals surface area contributed by atoms with E-state index in [0.29, 0.717) is 25.6 Å². The third kappa shape index (κ3) is 7.11. The molecule has 1 saturated carbocycles. The van der Waals surface area contributed by atoms with Crippen molar-refractivity contribution >= 4 is 16.0 Å². The van der Waals surface area contributed by atoms with Crippen LogP contribution in [0.5, 0.6) is 0 Å². The lowest BCUT2D eigenvalue weighted by molar-refractivity contribution is 0.242. The van der Waals surface area contributed by atoms with Crippen molar-refractivity contribution in [2.45, 2.75) is 64.5 Å². The Morgan fingerprint density at radius 3 is 2.64 bits per heavy atom. The summed E-state index contributed by atoms with van der Waals surface area (Å²) in [6, 6.07) is 1.25. The standard InChI is InChI=1S/C17H35N5O2S/c1-3-18-17(19-11-7-12-20-25(23,24)4-2)21-15-10-13-22(14-15)16-8-5-6-9-16/h15-16,20H,3-14H2,1-2H3,(H2,18,19,21). The van der Waals surface area contributed by atoms with Gasteiger partial charge in [-0.25, -0.2) is 13.1 Å². The van der Waals surface area contributed by atoms with E-state index in [9.17, 15) is 8.42 Å². The Labute approximate surface area is 153 Å². The van der Waals surface area contributed by atoms with Crippen LogP contribution in [0.15, 0.2) is 4.99 Å². The number of sulfonamides is 1. The Morgan fingerprint density at radius 1 is 1.20 bits per heavy atom. The van der Waals surface area contributed by atoms with Crippen molar-refractivity contribution in [3.63, 3.8) is 0 Å². The van der Waals surface area contributed by atoms with Crippen LogP contribution in [-0.2, 0) is 10.0 Å². The van der Waals surface area contributed by atoms with Gasteiger partial charge in [0.05, 0.1) is 5.75 Å². The fourth-order valence-corrected chi connectivity index (χ4v) is 4.28. The number of guanidine groups is 1. The quantitative estimate of drug-likeness (QED) is 0.317.